The van der Waals surface area contributed by atoms with Crippen LogP contribution in [0.1, 0.15) is 25.8 Å². The Morgan fingerprint density at radius 1 is 1.28 bits per heavy atom. The number of ether oxygens (including phenoxy) is 2. The van der Waals surface area contributed by atoms with Crippen LogP contribution in [0.25, 0.3) is 0 Å². The van der Waals surface area contributed by atoms with E-state index in [1.165, 1.54) is 7.11 Å². The minimum absolute atomic E-state index is 0.189. The Hall–Kier alpha value is -2.57. The van der Waals surface area contributed by atoms with Gasteiger partial charge in [0.2, 0.25) is 6.10 Å². The highest BCUT2D eigenvalue weighted by atomic mass is 16.6. The van der Waals surface area contributed by atoms with Crippen molar-refractivity contribution in [2.24, 2.45) is 5.92 Å². The Bertz CT molecular complexity index is 617. The zero-order chi connectivity index (χ0) is 18.4. The molecule has 0 aliphatic carbocycles. The van der Waals surface area contributed by atoms with Crippen molar-refractivity contribution in [1.29, 1.82) is 0 Å². The maximum Gasteiger partial charge on any atom is 0.408 e. The van der Waals surface area contributed by atoms with Crippen LogP contribution in [0.4, 0.5) is 4.79 Å². The summed E-state index contributed by atoms with van der Waals surface area (Å²) in [6, 6.07) is 8.23. The van der Waals surface area contributed by atoms with Crippen molar-refractivity contribution < 1.29 is 23.9 Å². The number of cyclic esters (lactones) is 1. The van der Waals surface area contributed by atoms with Crippen LogP contribution < -0.4 is 10.6 Å². The molecule has 2 N–H and O–H groups in total. The molecule has 2 amide bonds. The molecule has 25 heavy (non-hydrogen) atoms. The summed E-state index contributed by atoms with van der Waals surface area (Å²) in [6.45, 7) is 3.88. The lowest BCUT2D eigenvalue weighted by Gasteiger charge is -2.22. The number of carbonyl (C=O) groups is 3. The monoisotopic (exact) mass is 348 g/mol. The lowest BCUT2D eigenvalue weighted by Crippen LogP contribution is -2.50. The fourth-order valence-corrected chi connectivity index (χ4v) is 2.80. The molecular formula is C18H24N2O5. The third-order valence-electron chi connectivity index (χ3n) is 3.97. The maximum atomic E-state index is 12.6. The lowest BCUT2D eigenvalue weighted by atomic mass is 10.00. The van der Waals surface area contributed by atoms with Gasteiger partial charge in [-0.1, -0.05) is 44.2 Å². The normalized spacial score (nSPS) is 20.6. The minimum atomic E-state index is -0.993. The summed E-state index contributed by atoms with van der Waals surface area (Å²) in [7, 11) is 1.27. The van der Waals surface area contributed by atoms with Crippen LogP contribution in [0.15, 0.2) is 30.3 Å². The maximum absolute atomic E-state index is 12.6. The van der Waals surface area contributed by atoms with Gasteiger partial charge >= 0.3 is 12.1 Å². The van der Waals surface area contributed by atoms with Gasteiger partial charge in [0, 0.05) is 0 Å². The molecule has 0 aromatic heterocycles. The molecule has 0 bridgehead atoms. The van der Waals surface area contributed by atoms with Gasteiger partial charge in [-0.2, -0.15) is 0 Å². The van der Waals surface area contributed by atoms with E-state index in [9.17, 15) is 14.4 Å². The second-order valence-electron chi connectivity index (χ2n) is 6.48. The number of benzene rings is 1. The Balaban J connectivity index is 2.06. The SMILES string of the molecule is COC(=O)[C@H](CC(C)C)NC(=O)[C@H]1OC(=O)N[C@H]1Cc1ccccc1. The number of nitrogens with one attached hydrogen (secondary N) is 2. The van der Waals surface area contributed by atoms with Crippen molar-refractivity contribution in [2.75, 3.05) is 7.11 Å². The van der Waals surface area contributed by atoms with Crippen molar-refractivity contribution >= 4 is 18.0 Å². The van der Waals surface area contributed by atoms with Crippen molar-refractivity contribution in [1.82, 2.24) is 10.6 Å². The van der Waals surface area contributed by atoms with E-state index in [4.69, 9.17) is 9.47 Å². The number of esters is 1. The van der Waals surface area contributed by atoms with Gasteiger partial charge in [-0.25, -0.2) is 9.59 Å². The molecule has 7 heteroatoms. The average Bonchev–Trinajstić information content (AvgIpc) is 2.94. The van der Waals surface area contributed by atoms with Crippen molar-refractivity contribution in [3.05, 3.63) is 35.9 Å². The largest absolute Gasteiger partial charge is 0.467 e. The number of amides is 2. The van der Waals surface area contributed by atoms with Crippen LogP contribution in [0.2, 0.25) is 0 Å². The molecular weight excluding hydrogens is 324 g/mol. The van der Waals surface area contributed by atoms with Crippen LogP contribution in [0, 0.1) is 5.92 Å². The topological polar surface area (TPSA) is 93.7 Å². The fraction of sp³-hybridized carbons (Fsp3) is 0.500. The van der Waals surface area contributed by atoms with E-state index in [2.05, 4.69) is 10.6 Å². The molecule has 3 atom stereocenters. The van der Waals surface area contributed by atoms with E-state index in [1.807, 2.05) is 44.2 Å². The number of carbonyl (C=O) groups excluding carboxylic acids is 3. The first-order chi connectivity index (χ1) is 11.9. The van der Waals surface area contributed by atoms with Crippen LogP contribution >= 0.6 is 0 Å². The highest BCUT2D eigenvalue weighted by Crippen LogP contribution is 2.16. The summed E-state index contributed by atoms with van der Waals surface area (Å²) < 4.78 is 9.86. The first-order valence-electron chi connectivity index (χ1n) is 8.30. The fourth-order valence-electron chi connectivity index (χ4n) is 2.80. The molecule has 1 aliphatic rings. The number of hydrogen-bond donors (Lipinski definition) is 2. The summed E-state index contributed by atoms with van der Waals surface area (Å²) in [5.41, 5.74) is 0.975. The zero-order valence-corrected chi connectivity index (χ0v) is 14.7. The summed E-state index contributed by atoms with van der Waals surface area (Å²) in [5, 5.41) is 5.30. The molecule has 136 valence electrons. The van der Waals surface area contributed by atoms with E-state index >= 15 is 0 Å². The van der Waals surface area contributed by atoms with Crippen molar-refractivity contribution in [3.63, 3.8) is 0 Å². The summed E-state index contributed by atoms with van der Waals surface area (Å²) in [4.78, 5) is 36.0. The highest BCUT2D eigenvalue weighted by Gasteiger charge is 2.40. The smallest absolute Gasteiger partial charge is 0.408 e. The predicted molar refractivity (Wildman–Crippen MR) is 90.7 cm³/mol. The first kappa shape index (κ1) is 18.8. The van der Waals surface area contributed by atoms with Gasteiger partial charge in [-0.3, -0.25) is 4.79 Å². The second kappa shape index (κ2) is 8.50. The van der Waals surface area contributed by atoms with Gasteiger partial charge in [0.25, 0.3) is 5.91 Å². The van der Waals surface area contributed by atoms with Gasteiger partial charge in [0.05, 0.1) is 13.2 Å². The molecule has 0 saturated carbocycles. The predicted octanol–water partition coefficient (Wildman–Crippen LogP) is 1.41. The van der Waals surface area contributed by atoms with E-state index in [-0.39, 0.29) is 5.92 Å². The van der Waals surface area contributed by atoms with E-state index < -0.39 is 36.2 Å². The van der Waals surface area contributed by atoms with Crippen molar-refractivity contribution in [2.45, 2.75) is 44.9 Å². The Morgan fingerprint density at radius 2 is 1.96 bits per heavy atom. The molecule has 1 fully saturated rings. The van der Waals surface area contributed by atoms with Gasteiger partial charge < -0.3 is 20.1 Å². The molecule has 1 aromatic carbocycles. The zero-order valence-electron chi connectivity index (χ0n) is 14.7. The minimum Gasteiger partial charge on any atom is -0.467 e. The molecule has 0 unspecified atom stereocenters. The second-order valence-corrected chi connectivity index (χ2v) is 6.48. The Morgan fingerprint density at radius 3 is 2.56 bits per heavy atom. The van der Waals surface area contributed by atoms with Crippen LogP contribution in [-0.4, -0.2) is 43.3 Å². The van der Waals surface area contributed by atoms with Gasteiger partial charge in [0.1, 0.15) is 6.04 Å². The van der Waals surface area contributed by atoms with Gasteiger partial charge in [-0.05, 0) is 24.3 Å². The van der Waals surface area contributed by atoms with E-state index in [0.29, 0.717) is 12.8 Å². The quantitative estimate of drug-likeness (QED) is 0.727. The molecule has 0 spiro atoms. The molecule has 7 nitrogen and oxygen atoms in total. The van der Waals surface area contributed by atoms with Gasteiger partial charge in [-0.15, -0.1) is 0 Å². The Kier molecular flexibility index (Phi) is 6.38. The highest BCUT2D eigenvalue weighted by molar-refractivity contribution is 5.90. The Labute approximate surface area is 147 Å². The summed E-state index contributed by atoms with van der Waals surface area (Å²) in [5.74, 6) is -0.831. The van der Waals surface area contributed by atoms with Crippen LogP contribution in [-0.2, 0) is 25.5 Å². The van der Waals surface area contributed by atoms with Crippen molar-refractivity contribution in [3.8, 4) is 0 Å². The molecule has 1 aromatic rings. The molecule has 1 heterocycles. The average molecular weight is 348 g/mol. The number of methoxy groups -OCH3 is 1. The molecule has 2 rings (SSSR count). The molecule has 1 saturated heterocycles. The lowest BCUT2D eigenvalue weighted by molar-refractivity contribution is -0.146. The number of hydrogen-bond acceptors (Lipinski definition) is 5. The van der Waals surface area contributed by atoms with Gasteiger partial charge in [0.15, 0.2) is 0 Å². The standard InChI is InChI=1S/C18H24N2O5/c1-11(2)9-14(17(22)24-3)19-16(21)15-13(20-18(23)25-15)10-12-7-5-4-6-8-12/h4-8,11,13-15H,9-10H2,1-3H3,(H,19,21)(H,20,23)/t13-,14-,15-/m0/s1. The number of rotatable bonds is 7. The molecule has 1 aliphatic heterocycles. The number of alkyl carbamates (subject to hydrolysis) is 1. The first-order valence-corrected chi connectivity index (χ1v) is 8.30. The summed E-state index contributed by atoms with van der Waals surface area (Å²) >= 11 is 0. The van der Waals surface area contributed by atoms with E-state index in [1.54, 1.807) is 0 Å². The molecule has 0 radical (unpaired) electrons. The third-order valence-corrected chi connectivity index (χ3v) is 3.97. The van der Waals surface area contributed by atoms with E-state index in [0.717, 1.165) is 5.56 Å². The van der Waals surface area contributed by atoms with Crippen LogP contribution in [0.3, 0.4) is 0 Å². The summed E-state index contributed by atoms with van der Waals surface area (Å²) in [6.07, 6.45) is -0.736. The van der Waals surface area contributed by atoms with Crippen LogP contribution in [0.5, 0.6) is 0 Å². The third kappa shape index (κ3) is 5.20.